The molecule has 112 valence electrons. The lowest BCUT2D eigenvalue weighted by molar-refractivity contribution is -0.0615. The Morgan fingerprint density at radius 2 is 2.25 bits per heavy atom. The zero-order chi connectivity index (χ0) is 15.0. The van der Waals surface area contributed by atoms with Gasteiger partial charge in [-0.05, 0) is 32.8 Å². The predicted molar refractivity (Wildman–Crippen MR) is 72.7 cm³/mol. The van der Waals surface area contributed by atoms with Gasteiger partial charge in [0.25, 0.3) is 5.91 Å². The van der Waals surface area contributed by atoms with Crippen molar-refractivity contribution in [2.45, 2.75) is 43.2 Å². The van der Waals surface area contributed by atoms with Crippen LogP contribution in [-0.4, -0.2) is 37.6 Å². The Morgan fingerprint density at radius 3 is 2.80 bits per heavy atom. The zero-order valence-electron chi connectivity index (χ0n) is 11.5. The lowest BCUT2D eigenvalue weighted by Gasteiger charge is -2.35. The molecule has 0 spiro atoms. The van der Waals surface area contributed by atoms with Crippen molar-refractivity contribution in [2.24, 2.45) is 5.14 Å². The Kier molecular flexibility index (Phi) is 3.90. The summed E-state index contributed by atoms with van der Waals surface area (Å²) in [5.41, 5.74) is -0.0872. The van der Waals surface area contributed by atoms with Crippen LogP contribution < -0.4 is 10.5 Å². The molecule has 0 bridgehead atoms. The number of hydrogen-bond donors (Lipinski definition) is 3. The van der Waals surface area contributed by atoms with E-state index in [-0.39, 0.29) is 28.1 Å². The molecule has 1 aliphatic rings. The molecule has 2 heterocycles. The molecule has 1 aliphatic heterocycles. The number of H-pyrrole nitrogens is 1. The number of nitrogens with two attached hydrogens (primary N) is 1. The van der Waals surface area contributed by atoms with E-state index in [4.69, 9.17) is 9.88 Å². The first kappa shape index (κ1) is 15.0. The summed E-state index contributed by atoms with van der Waals surface area (Å²) in [6.07, 6.45) is 2.65. The first-order valence-electron chi connectivity index (χ1n) is 6.33. The predicted octanol–water partition coefficient (Wildman–Crippen LogP) is 0.350. The molecule has 0 radical (unpaired) electrons. The number of ether oxygens (including phenoxy) is 1. The van der Waals surface area contributed by atoms with Crippen molar-refractivity contribution >= 4 is 15.9 Å². The van der Waals surface area contributed by atoms with Gasteiger partial charge < -0.3 is 15.0 Å². The summed E-state index contributed by atoms with van der Waals surface area (Å²) >= 11 is 0. The molecule has 1 fully saturated rings. The highest BCUT2D eigenvalue weighted by molar-refractivity contribution is 7.89. The summed E-state index contributed by atoms with van der Waals surface area (Å²) in [5.74, 6) is -0.345. The van der Waals surface area contributed by atoms with Crippen molar-refractivity contribution in [1.82, 2.24) is 10.3 Å². The first-order chi connectivity index (χ1) is 9.17. The van der Waals surface area contributed by atoms with Crippen molar-refractivity contribution in [3.05, 3.63) is 18.0 Å². The van der Waals surface area contributed by atoms with Crippen LogP contribution >= 0.6 is 0 Å². The summed E-state index contributed by atoms with van der Waals surface area (Å²) in [4.78, 5) is 14.6. The highest BCUT2D eigenvalue weighted by atomic mass is 32.2. The van der Waals surface area contributed by atoms with Crippen LogP contribution in [0, 0.1) is 0 Å². The van der Waals surface area contributed by atoms with Gasteiger partial charge >= 0.3 is 0 Å². The van der Waals surface area contributed by atoms with Gasteiger partial charge in [0.1, 0.15) is 5.69 Å². The molecule has 1 aromatic rings. The monoisotopic (exact) mass is 301 g/mol. The molecule has 0 aliphatic carbocycles. The lowest BCUT2D eigenvalue weighted by Crippen LogP contribution is -2.45. The Balaban J connectivity index is 2.03. The van der Waals surface area contributed by atoms with Crippen LogP contribution in [0.15, 0.2) is 17.2 Å². The molecular formula is C12H19N3O4S. The van der Waals surface area contributed by atoms with Crippen molar-refractivity contribution < 1.29 is 17.9 Å². The Hall–Kier alpha value is -1.38. The van der Waals surface area contributed by atoms with Gasteiger partial charge in [-0.2, -0.15) is 0 Å². The fourth-order valence-corrected chi connectivity index (χ4v) is 2.79. The van der Waals surface area contributed by atoms with Gasteiger partial charge in [0.2, 0.25) is 10.0 Å². The average Bonchev–Trinajstić information content (AvgIpc) is 2.76. The Morgan fingerprint density at radius 1 is 1.55 bits per heavy atom. The van der Waals surface area contributed by atoms with Gasteiger partial charge in [0.15, 0.2) is 0 Å². The van der Waals surface area contributed by atoms with Gasteiger partial charge in [-0.25, -0.2) is 13.6 Å². The minimum atomic E-state index is -3.80. The fourth-order valence-electron chi connectivity index (χ4n) is 2.29. The van der Waals surface area contributed by atoms with Gasteiger partial charge in [-0.1, -0.05) is 0 Å². The van der Waals surface area contributed by atoms with E-state index in [2.05, 4.69) is 10.3 Å². The van der Waals surface area contributed by atoms with E-state index in [1.807, 2.05) is 13.8 Å². The summed E-state index contributed by atoms with van der Waals surface area (Å²) in [5, 5.41) is 7.86. The number of amides is 1. The van der Waals surface area contributed by atoms with E-state index in [1.165, 1.54) is 12.3 Å². The number of primary sulfonamides is 1. The molecule has 2 rings (SSSR count). The summed E-state index contributed by atoms with van der Waals surface area (Å²) in [7, 11) is -3.80. The smallest absolute Gasteiger partial charge is 0.267 e. The second-order valence-electron chi connectivity index (χ2n) is 5.57. The molecule has 20 heavy (non-hydrogen) atoms. The number of aromatic nitrogens is 1. The van der Waals surface area contributed by atoms with Crippen LogP contribution in [-0.2, 0) is 14.8 Å². The minimum Gasteiger partial charge on any atom is -0.375 e. The normalized spacial score (nSPS) is 22.4. The number of rotatable bonds is 3. The Bertz CT molecular complexity index is 606. The largest absolute Gasteiger partial charge is 0.375 e. The van der Waals surface area contributed by atoms with E-state index in [1.54, 1.807) is 0 Å². The molecule has 1 unspecified atom stereocenters. The van der Waals surface area contributed by atoms with E-state index in [0.29, 0.717) is 13.0 Å². The quantitative estimate of drug-likeness (QED) is 0.747. The molecule has 0 saturated carbocycles. The van der Waals surface area contributed by atoms with Crippen molar-refractivity contribution in [1.29, 1.82) is 0 Å². The number of sulfonamides is 1. The molecule has 1 aromatic heterocycles. The molecule has 4 N–H and O–H groups in total. The van der Waals surface area contributed by atoms with Crippen LogP contribution in [0.25, 0.3) is 0 Å². The maximum Gasteiger partial charge on any atom is 0.267 e. The topological polar surface area (TPSA) is 114 Å². The molecule has 7 nitrogen and oxygen atoms in total. The Labute approximate surface area is 117 Å². The van der Waals surface area contributed by atoms with Gasteiger partial charge in [0.05, 0.1) is 10.5 Å². The number of carbonyl (C=O) groups excluding carboxylic acids is 1. The van der Waals surface area contributed by atoms with Crippen LogP contribution in [0.1, 0.15) is 37.2 Å². The van der Waals surface area contributed by atoms with E-state index < -0.39 is 10.0 Å². The highest BCUT2D eigenvalue weighted by Crippen LogP contribution is 2.24. The second kappa shape index (κ2) is 5.19. The summed E-state index contributed by atoms with van der Waals surface area (Å²) in [6.45, 7) is 4.53. The van der Waals surface area contributed by atoms with E-state index in [9.17, 15) is 13.2 Å². The third-order valence-electron chi connectivity index (χ3n) is 3.26. The molecular weight excluding hydrogens is 282 g/mol. The van der Waals surface area contributed by atoms with Crippen LogP contribution in [0.4, 0.5) is 0 Å². The van der Waals surface area contributed by atoms with Crippen LogP contribution in [0.5, 0.6) is 0 Å². The first-order valence-corrected chi connectivity index (χ1v) is 7.88. The fraction of sp³-hybridized carbons (Fsp3) is 0.583. The highest BCUT2D eigenvalue weighted by Gasteiger charge is 2.30. The molecule has 0 aromatic carbocycles. The number of aromatic amines is 1. The maximum absolute atomic E-state index is 12.0. The third kappa shape index (κ3) is 3.59. The van der Waals surface area contributed by atoms with Crippen molar-refractivity contribution in [3.63, 3.8) is 0 Å². The summed E-state index contributed by atoms with van der Waals surface area (Å²) < 4.78 is 27.9. The van der Waals surface area contributed by atoms with Crippen molar-refractivity contribution in [3.8, 4) is 0 Å². The van der Waals surface area contributed by atoms with Gasteiger partial charge in [-0.15, -0.1) is 0 Å². The van der Waals surface area contributed by atoms with Crippen LogP contribution in [0.3, 0.4) is 0 Å². The average molecular weight is 301 g/mol. The maximum atomic E-state index is 12.0. The molecule has 8 heteroatoms. The number of carbonyl (C=O) groups is 1. The summed E-state index contributed by atoms with van der Waals surface area (Å²) in [6, 6.07) is 1.24. The van der Waals surface area contributed by atoms with E-state index >= 15 is 0 Å². The standard InChI is InChI=1S/C12H19N3O4S/c1-12(2)6-8(3-4-19-12)15-11(16)10-5-9(7-14-10)20(13,17)18/h5,7-8,14H,3-4,6H2,1-2H3,(H,15,16)(H2,13,17,18). The van der Waals surface area contributed by atoms with E-state index in [0.717, 1.165) is 6.42 Å². The number of hydrogen-bond acceptors (Lipinski definition) is 4. The van der Waals surface area contributed by atoms with Gasteiger partial charge in [0, 0.05) is 18.8 Å². The number of nitrogens with one attached hydrogen (secondary N) is 2. The molecule has 1 atom stereocenters. The minimum absolute atomic E-state index is 0.00693. The third-order valence-corrected chi connectivity index (χ3v) is 4.15. The van der Waals surface area contributed by atoms with Gasteiger partial charge in [-0.3, -0.25) is 4.79 Å². The zero-order valence-corrected chi connectivity index (χ0v) is 12.3. The molecule has 1 amide bonds. The molecule has 1 saturated heterocycles. The van der Waals surface area contributed by atoms with Crippen LogP contribution in [0.2, 0.25) is 0 Å². The lowest BCUT2D eigenvalue weighted by atomic mass is 9.94. The SMILES string of the molecule is CC1(C)CC(NC(=O)c2cc(S(N)(=O)=O)c[nH]2)CCO1. The second-order valence-corrected chi connectivity index (χ2v) is 7.13. The van der Waals surface area contributed by atoms with Crippen molar-refractivity contribution in [2.75, 3.05) is 6.61 Å².